The Hall–Kier alpha value is -3.27. The van der Waals surface area contributed by atoms with Crippen LogP contribution in [0.1, 0.15) is 19.8 Å². The molecule has 1 unspecified atom stereocenters. The molecule has 0 aromatic heterocycles. The van der Waals surface area contributed by atoms with Gasteiger partial charge >= 0.3 is 0 Å². The molecule has 0 bridgehead atoms. The van der Waals surface area contributed by atoms with Gasteiger partial charge in [0.2, 0.25) is 21.8 Å². The summed E-state index contributed by atoms with van der Waals surface area (Å²) in [6, 6.07) is 10.7. The average Bonchev–Trinajstić information content (AvgIpc) is 3.19. The third kappa shape index (κ3) is 4.50. The molecule has 0 spiro atoms. The summed E-state index contributed by atoms with van der Waals surface area (Å²) >= 11 is 0. The summed E-state index contributed by atoms with van der Waals surface area (Å²) < 4.78 is 37.2. The second kappa shape index (κ2) is 8.70. The van der Waals surface area contributed by atoms with Crippen LogP contribution in [0.3, 0.4) is 0 Å². The smallest absolute Gasteiger partial charge is 0.247 e. The first kappa shape index (κ1) is 21.9. The highest BCUT2D eigenvalue weighted by atomic mass is 32.2. The number of carbonyl (C=O) groups excluding carboxylic acids is 2. The van der Waals surface area contributed by atoms with Crippen molar-refractivity contribution < 1.29 is 27.5 Å². The molecule has 0 radical (unpaired) electrons. The van der Waals surface area contributed by atoms with Gasteiger partial charge in [0.15, 0.2) is 11.5 Å². The molecule has 2 aromatic rings. The van der Waals surface area contributed by atoms with Crippen molar-refractivity contribution in [2.45, 2.75) is 25.8 Å². The zero-order chi connectivity index (χ0) is 22.9. The number of anilines is 3. The minimum absolute atomic E-state index is 0.0821. The van der Waals surface area contributed by atoms with Crippen LogP contribution in [-0.4, -0.2) is 52.3 Å². The van der Waals surface area contributed by atoms with Gasteiger partial charge in [-0.3, -0.25) is 13.9 Å². The minimum Gasteiger partial charge on any atom is -0.486 e. The van der Waals surface area contributed by atoms with Crippen molar-refractivity contribution in [1.29, 1.82) is 0 Å². The number of hydrogen-bond donors (Lipinski definition) is 1. The van der Waals surface area contributed by atoms with Crippen LogP contribution in [0.4, 0.5) is 17.1 Å². The van der Waals surface area contributed by atoms with Gasteiger partial charge in [-0.15, -0.1) is 0 Å². The molecule has 2 heterocycles. The normalized spacial score (nSPS) is 16.6. The highest BCUT2D eigenvalue weighted by molar-refractivity contribution is 7.92. The van der Waals surface area contributed by atoms with Crippen LogP contribution >= 0.6 is 0 Å². The number of nitrogens with one attached hydrogen (secondary N) is 1. The zero-order valence-electron chi connectivity index (χ0n) is 17.9. The van der Waals surface area contributed by atoms with E-state index in [1.807, 2.05) is 0 Å². The number of sulfonamides is 1. The van der Waals surface area contributed by atoms with Crippen molar-refractivity contribution in [3.8, 4) is 11.5 Å². The fourth-order valence-corrected chi connectivity index (χ4v) is 5.04. The highest BCUT2D eigenvalue weighted by Gasteiger charge is 2.30. The van der Waals surface area contributed by atoms with Crippen molar-refractivity contribution >= 4 is 38.9 Å². The van der Waals surface area contributed by atoms with Gasteiger partial charge in [0.25, 0.3) is 0 Å². The van der Waals surface area contributed by atoms with E-state index in [1.165, 1.54) is 6.92 Å². The fourth-order valence-electron chi connectivity index (χ4n) is 3.87. The lowest BCUT2D eigenvalue weighted by Crippen LogP contribution is -2.45. The molecule has 10 heteroatoms. The molecule has 32 heavy (non-hydrogen) atoms. The Labute approximate surface area is 187 Å². The molecule has 1 atom stereocenters. The molecule has 2 aromatic carbocycles. The maximum atomic E-state index is 12.9. The SMILES string of the molecule is CC(C(=O)Nc1ccc(N2CCCC2=O)cc1)N(c1ccc2c(c1)OCCO2)S(C)(=O)=O. The number of carbonyl (C=O) groups is 2. The van der Waals surface area contributed by atoms with Crippen molar-refractivity contribution in [1.82, 2.24) is 0 Å². The van der Waals surface area contributed by atoms with E-state index in [0.29, 0.717) is 49.1 Å². The number of amides is 2. The second-order valence-electron chi connectivity index (χ2n) is 7.75. The molecule has 170 valence electrons. The van der Waals surface area contributed by atoms with Crippen LogP contribution in [-0.2, 0) is 19.6 Å². The van der Waals surface area contributed by atoms with E-state index in [0.717, 1.165) is 22.7 Å². The third-order valence-electron chi connectivity index (χ3n) is 5.39. The summed E-state index contributed by atoms with van der Waals surface area (Å²) in [5.74, 6) is 0.554. The first-order chi connectivity index (χ1) is 15.2. The van der Waals surface area contributed by atoms with Crippen LogP contribution in [0.25, 0.3) is 0 Å². The summed E-state index contributed by atoms with van der Waals surface area (Å²) in [4.78, 5) is 26.5. The Bertz CT molecular complexity index is 1130. The summed E-state index contributed by atoms with van der Waals surface area (Å²) in [7, 11) is -3.77. The topological polar surface area (TPSA) is 105 Å². The molecule has 9 nitrogen and oxygen atoms in total. The third-order valence-corrected chi connectivity index (χ3v) is 6.63. The largest absolute Gasteiger partial charge is 0.486 e. The van der Waals surface area contributed by atoms with Gasteiger partial charge in [0.1, 0.15) is 19.3 Å². The quantitative estimate of drug-likeness (QED) is 0.711. The Kier molecular flexibility index (Phi) is 5.96. The van der Waals surface area contributed by atoms with E-state index in [4.69, 9.17) is 9.47 Å². The van der Waals surface area contributed by atoms with Gasteiger partial charge in [-0.25, -0.2) is 8.42 Å². The number of benzene rings is 2. The molecule has 1 saturated heterocycles. The van der Waals surface area contributed by atoms with E-state index in [9.17, 15) is 18.0 Å². The Balaban J connectivity index is 1.52. The number of hydrogen-bond acceptors (Lipinski definition) is 6. The van der Waals surface area contributed by atoms with E-state index >= 15 is 0 Å². The standard InChI is InChI=1S/C22H25N3O6S/c1-15(22(27)23-16-5-7-17(8-6-16)24-11-3-4-21(24)26)25(32(2,28)29)18-9-10-19-20(14-18)31-13-12-30-19/h5-10,14-15H,3-4,11-13H2,1-2H3,(H,23,27). The van der Waals surface area contributed by atoms with Gasteiger partial charge in [-0.1, -0.05) is 0 Å². The van der Waals surface area contributed by atoms with Crippen LogP contribution in [0, 0.1) is 0 Å². The molecular formula is C22H25N3O6S. The molecule has 4 rings (SSSR count). The van der Waals surface area contributed by atoms with Crippen LogP contribution in [0.2, 0.25) is 0 Å². The van der Waals surface area contributed by atoms with E-state index in [2.05, 4.69) is 5.32 Å². The molecule has 0 saturated carbocycles. The van der Waals surface area contributed by atoms with Gasteiger partial charge in [0.05, 0.1) is 11.9 Å². The fraction of sp³-hybridized carbons (Fsp3) is 0.364. The second-order valence-corrected chi connectivity index (χ2v) is 9.61. The molecule has 2 amide bonds. The lowest BCUT2D eigenvalue weighted by atomic mass is 10.2. The summed E-state index contributed by atoms with van der Waals surface area (Å²) in [6.45, 7) is 2.99. The van der Waals surface area contributed by atoms with Crippen LogP contribution < -0.4 is 24.0 Å². The van der Waals surface area contributed by atoms with E-state index in [1.54, 1.807) is 47.4 Å². The first-order valence-electron chi connectivity index (χ1n) is 10.3. The zero-order valence-corrected chi connectivity index (χ0v) is 18.7. The maximum Gasteiger partial charge on any atom is 0.247 e. The van der Waals surface area contributed by atoms with Crippen molar-refractivity contribution in [2.24, 2.45) is 0 Å². The number of nitrogens with zero attached hydrogens (tertiary/aromatic N) is 2. The summed E-state index contributed by atoms with van der Waals surface area (Å²) in [6.07, 6.45) is 2.42. The molecule has 1 fully saturated rings. The van der Waals surface area contributed by atoms with Crippen LogP contribution in [0.15, 0.2) is 42.5 Å². The molecule has 1 N–H and O–H groups in total. The Morgan fingerprint density at radius 2 is 1.78 bits per heavy atom. The average molecular weight is 460 g/mol. The highest BCUT2D eigenvalue weighted by Crippen LogP contribution is 2.35. The molecule has 2 aliphatic rings. The summed E-state index contributed by atoms with van der Waals surface area (Å²) in [5.41, 5.74) is 1.59. The molecule has 2 aliphatic heterocycles. The number of fused-ring (bicyclic) bond motifs is 1. The van der Waals surface area contributed by atoms with Crippen molar-refractivity contribution in [3.05, 3.63) is 42.5 Å². The molecule has 0 aliphatic carbocycles. The van der Waals surface area contributed by atoms with E-state index < -0.39 is 22.0 Å². The Morgan fingerprint density at radius 1 is 1.09 bits per heavy atom. The lowest BCUT2D eigenvalue weighted by Gasteiger charge is -2.29. The Morgan fingerprint density at radius 3 is 2.41 bits per heavy atom. The van der Waals surface area contributed by atoms with Gasteiger partial charge < -0.3 is 19.7 Å². The maximum absolute atomic E-state index is 12.9. The van der Waals surface area contributed by atoms with Crippen molar-refractivity contribution in [2.75, 3.05) is 40.5 Å². The predicted octanol–water partition coefficient (Wildman–Crippen LogP) is 2.38. The lowest BCUT2D eigenvalue weighted by molar-refractivity contribution is -0.117. The summed E-state index contributed by atoms with van der Waals surface area (Å²) in [5, 5.41) is 2.75. The van der Waals surface area contributed by atoms with Crippen LogP contribution in [0.5, 0.6) is 11.5 Å². The minimum atomic E-state index is -3.77. The van der Waals surface area contributed by atoms with E-state index in [-0.39, 0.29) is 5.91 Å². The number of rotatable bonds is 6. The van der Waals surface area contributed by atoms with Gasteiger partial charge in [-0.05, 0) is 49.7 Å². The monoisotopic (exact) mass is 459 g/mol. The predicted molar refractivity (Wildman–Crippen MR) is 121 cm³/mol. The first-order valence-corrected chi connectivity index (χ1v) is 12.2. The van der Waals surface area contributed by atoms with Gasteiger partial charge in [0, 0.05) is 30.4 Å². The van der Waals surface area contributed by atoms with Crippen molar-refractivity contribution in [3.63, 3.8) is 0 Å². The number of ether oxygens (including phenoxy) is 2. The molecular weight excluding hydrogens is 434 g/mol. The van der Waals surface area contributed by atoms with Gasteiger partial charge in [-0.2, -0.15) is 0 Å².